The molecule has 1 heterocycles. The van der Waals surface area contributed by atoms with Gasteiger partial charge in [-0.05, 0) is 30.3 Å². The molecule has 2 N–H and O–H groups in total. The first-order valence-corrected chi connectivity index (χ1v) is 9.75. The molecule has 0 saturated heterocycles. The van der Waals surface area contributed by atoms with E-state index >= 15 is 0 Å². The lowest BCUT2D eigenvalue weighted by molar-refractivity contribution is 0.0941. The molecule has 30 heavy (non-hydrogen) atoms. The molecule has 0 radical (unpaired) electrons. The highest BCUT2D eigenvalue weighted by Crippen LogP contribution is 2.13. The van der Waals surface area contributed by atoms with Crippen LogP contribution in [0, 0.1) is 0 Å². The predicted octanol–water partition coefficient (Wildman–Crippen LogP) is 2.15. The van der Waals surface area contributed by atoms with Gasteiger partial charge >= 0.3 is 5.69 Å². The lowest BCUT2D eigenvalue weighted by atomic mass is 10.1. The maximum Gasteiger partial charge on any atom is 0.332 e. The quantitative estimate of drug-likeness (QED) is 0.584. The van der Waals surface area contributed by atoms with Crippen LogP contribution in [-0.2, 0) is 20.1 Å². The summed E-state index contributed by atoms with van der Waals surface area (Å²) in [4.78, 5) is 40.0. The molecule has 0 aliphatic heterocycles. The SMILES string of the molecule is CN(CC(=O)c1c(N)n(Cc2ccccc2)c(=O)n(C)c1=O)Cc1cccc(Cl)c1. The highest BCUT2D eigenvalue weighted by molar-refractivity contribution is 6.30. The van der Waals surface area contributed by atoms with Crippen LogP contribution in [0.1, 0.15) is 21.5 Å². The van der Waals surface area contributed by atoms with Crippen LogP contribution in [-0.4, -0.2) is 33.4 Å². The van der Waals surface area contributed by atoms with Gasteiger partial charge in [0.25, 0.3) is 5.56 Å². The summed E-state index contributed by atoms with van der Waals surface area (Å²) in [6.45, 7) is 0.601. The van der Waals surface area contributed by atoms with E-state index < -0.39 is 17.0 Å². The first kappa shape index (κ1) is 21.5. The third-order valence-electron chi connectivity index (χ3n) is 4.80. The summed E-state index contributed by atoms with van der Waals surface area (Å²) >= 11 is 6.01. The van der Waals surface area contributed by atoms with E-state index in [0.717, 1.165) is 15.7 Å². The summed E-state index contributed by atoms with van der Waals surface area (Å²) in [5.74, 6) is -0.562. The average Bonchev–Trinajstić information content (AvgIpc) is 2.70. The van der Waals surface area contributed by atoms with Crippen molar-refractivity contribution in [3.05, 3.63) is 97.1 Å². The van der Waals surface area contributed by atoms with Crippen LogP contribution >= 0.6 is 11.6 Å². The van der Waals surface area contributed by atoms with E-state index in [-0.39, 0.29) is 24.5 Å². The Labute approximate surface area is 178 Å². The topological polar surface area (TPSA) is 90.3 Å². The largest absolute Gasteiger partial charge is 0.384 e. The fourth-order valence-corrected chi connectivity index (χ4v) is 3.50. The van der Waals surface area contributed by atoms with Crippen LogP contribution in [0.5, 0.6) is 0 Å². The van der Waals surface area contributed by atoms with Crippen molar-refractivity contribution in [2.75, 3.05) is 19.3 Å². The maximum atomic E-state index is 12.9. The van der Waals surface area contributed by atoms with Crippen molar-refractivity contribution >= 4 is 23.2 Å². The van der Waals surface area contributed by atoms with E-state index in [1.54, 1.807) is 18.0 Å². The zero-order chi connectivity index (χ0) is 21.8. The summed E-state index contributed by atoms with van der Waals surface area (Å²) in [5.41, 5.74) is 6.48. The van der Waals surface area contributed by atoms with E-state index in [9.17, 15) is 14.4 Å². The van der Waals surface area contributed by atoms with E-state index in [2.05, 4.69) is 0 Å². The second-order valence-electron chi connectivity index (χ2n) is 7.20. The number of likely N-dealkylation sites (N-methyl/N-ethyl adjacent to an activating group) is 1. The van der Waals surface area contributed by atoms with E-state index in [4.69, 9.17) is 17.3 Å². The molecule has 3 aromatic rings. The standard InChI is InChI=1S/C22H23ClN4O3/c1-25(12-16-9-6-10-17(23)11-16)14-18(28)19-20(24)27(22(30)26(2)21(19)29)13-15-7-4-3-5-8-15/h3-11H,12-14,24H2,1-2H3. The Hall–Kier alpha value is -3.16. The Kier molecular flexibility index (Phi) is 6.54. The number of carbonyl (C=O) groups is 1. The number of anilines is 1. The number of benzene rings is 2. The van der Waals surface area contributed by atoms with Crippen molar-refractivity contribution in [2.24, 2.45) is 7.05 Å². The molecule has 0 saturated carbocycles. The summed E-state index contributed by atoms with van der Waals surface area (Å²) in [5, 5.41) is 0.610. The van der Waals surface area contributed by atoms with Gasteiger partial charge in [0.2, 0.25) is 0 Å². The molecule has 0 atom stereocenters. The summed E-state index contributed by atoms with van der Waals surface area (Å²) < 4.78 is 2.17. The molecule has 156 valence electrons. The van der Waals surface area contributed by atoms with Crippen LogP contribution in [0.15, 0.2) is 64.2 Å². The predicted molar refractivity (Wildman–Crippen MR) is 118 cm³/mol. The number of carbonyl (C=O) groups excluding carboxylic acids is 1. The smallest absolute Gasteiger partial charge is 0.332 e. The molecular formula is C22H23ClN4O3. The third-order valence-corrected chi connectivity index (χ3v) is 5.04. The fourth-order valence-electron chi connectivity index (χ4n) is 3.29. The van der Waals surface area contributed by atoms with Crippen molar-refractivity contribution in [2.45, 2.75) is 13.1 Å². The zero-order valence-electron chi connectivity index (χ0n) is 16.8. The van der Waals surface area contributed by atoms with E-state index in [1.165, 1.54) is 11.6 Å². The molecular weight excluding hydrogens is 404 g/mol. The Bertz CT molecular complexity index is 1190. The molecule has 0 bridgehead atoms. The molecule has 0 amide bonds. The molecule has 0 unspecified atom stereocenters. The highest BCUT2D eigenvalue weighted by Gasteiger charge is 2.22. The minimum atomic E-state index is -0.692. The number of Topliss-reactive ketones (excluding diaryl/α,β-unsaturated/α-hetero) is 1. The number of nitrogens with zero attached hydrogens (tertiary/aromatic N) is 3. The van der Waals surface area contributed by atoms with Gasteiger partial charge in [-0.15, -0.1) is 0 Å². The number of aromatic nitrogens is 2. The monoisotopic (exact) mass is 426 g/mol. The third kappa shape index (κ3) is 4.69. The van der Waals surface area contributed by atoms with Crippen LogP contribution in [0.2, 0.25) is 5.02 Å². The highest BCUT2D eigenvalue weighted by atomic mass is 35.5. The molecule has 0 aliphatic carbocycles. The fraction of sp³-hybridized carbons (Fsp3) is 0.227. The molecule has 3 rings (SSSR count). The van der Waals surface area contributed by atoms with Gasteiger partial charge in [0.1, 0.15) is 11.4 Å². The van der Waals surface area contributed by atoms with Crippen LogP contribution < -0.4 is 17.0 Å². The molecule has 8 heteroatoms. The van der Waals surface area contributed by atoms with Crippen molar-refractivity contribution in [3.8, 4) is 0 Å². The maximum absolute atomic E-state index is 12.9. The van der Waals surface area contributed by atoms with Gasteiger partial charge in [-0.2, -0.15) is 0 Å². The van der Waals surface area contributed by atoms with Crippen LogP contribution in [0.25, 0.3) is 0 Å². The van der Waals surface area contributed by atoms with Gasteiger partial charge in [0, 0.05) is 18.6 Å². The van der Waals surface area contributed by atoms with Gasteiger partial charge < -0.3 is 5.73 Å². The zero-order valence-corrected chi connectivity index (χ0v) is 17.6. The molecule has 2 aromatic carbocycles. The number of nitrogen functional groups attached to an aromatic ring is 1. The van der Waals surface area contributed by atoms with Crippen LogP contribution in [0.3, 0.4) is 0 Å². The molecule has 0 aliphatic rings. The lowest BCUT2D eigenvalue weighted by Crippen LogP contribution is -2.44. The molecule has 0 spiro atoms. The number of nitrogens with two attached hydrogens (primary N) is 1. The number of hydrogen-bond donors (Lipinski definition) is 1. The molecule has 7 nitrogen and oxygen atoms in total. The Balaban J connectivity index is 1.89. The first-order valence-electron chi connectivity index (χ1n) is 9.37. The van der Waals surface area contributed by atoms with E-state index in [1.807, 2.05) is 48.5 Å². The number of rotatable bonds is 7. The summed E-state index contributed by atoms with van der Waals surface area (Å²) in [6, 6.07) is 16.6. The van der Waals surface area contributed by atoms with Crippen molar-refractivity contribution in [1.82, 2.24) is 14.0 Å². The Morgan fingerprint density at radius 1 is 1.07 bits per heavy atom. The number of ketones is 1. The summed E-state index contributed by atoms with van der Waals surface area (Å²) in [6.07, 6.45) is 0. The number of hydrogen-bond acceptors (Lipinski definition) is 5. The van der Waals surface area contributed by atoms with E-state index in [0.29, 0.717) is 11.6 Å². The normalized spacial score (nSPS) is 11.1. The summed E-state index contributed by atoms with van der Waals surface area (Å²) in [7, 11) is 3.11. The Morgan fingerprint density at radius 3 is 2.40 bits per heavy atom. The van der Waals surface area contributed by atoms with Gasteiger partial charge in [-0.1, -0.05) is 54.1 Å². The van der Waals surface area contributed by atoms with Gasteiger partial charge in [-0.3, -0.25) is 23.6 Å². The van der Waals surface area contributed by atoms with Crippen molar-refractivity contribution < 1.29 is 4.79 Å². The van der Waals surface area contributed by atoms with Gasteiger partial charge in [-0.25, -0.2) is 4.79 Å². The lowest BCUT2D eigenvalue weighted by Gasteiger charge is -2.18. The first-order chi connectivity index (χ1) is 14.3. The molecule has 1 aromatic heterocycles. The van der Waals surface area contributed by atoms with Gasteiger partial charge in [0.05, 0.1) is 13.1 Å². The minimum absolute atomic E-state index is 0.0322. The van der Waals surface area contributed by atoms with Crippen molar-refractivity contribution in [1.29, 1.82) is 0 Å². The average molecular weight is 427 g/mol. The Morgan fingerprint density at radius 2 is 1.73 bits per heavy atom. The second-order valence-corrected chi connectivity index (χ2v) is 7.64. The minimum Gasteiger partial charge on any atom is -0.384 e. The number of halogens is 1. The van der Waals surface area contributed by atoms with Gasteiger partial charge in [0.15, 0.2) is 5.78 Å². The second kappa shape index (κ2) is 9.11. The molecule has 0 fully saturated rings. The van der Waals surface area contributed by atoms with Crippen LogP contribution in [0.4, 0.5) is 5.82 Å². The van der Waals surface area contributed by atoms with Crippen molar-refractivity contribution in [3.63, 3.8) is 0 Å².